The van der Waals surface area contributed by atoms with Crippen molar-refractivity contribution in [3.05, 3.63) is 81.8 Å². The van der Waals surface area contributed by atoms with Crippen molar-refractivity contribution >= 4 is 5.91 Å². The summed E-state index contributed by atoms with van der Waals surface area (Å²) in [4.78, 5) is 25.3. The van der Waals surface area contributed by atoms with Crippen molar-refractivity contribution in [3.63, 3.8) is 0 Å². The molecule has 2 aromatic carbocycles. The molecule has 3 aromatic rings. The van der Waals surface area contributed by atoms with Gasteiger partial charge < -0.3 is 10.1 Å². The molecule has 4 rings (SSSR count). The predicted octanol–water partition coefficient (Wildman–Crippen LogP) is 2.69. The molecule has 0 fully saturated rings. The van der Waals surface area contributed by atoms with E-state index in [9.17, 15) is 14.0 Å². The van der Waals surface area contributed by atoms with Crippen molar-refractivity contribution in [3.8, 4) is 5.75 Å². The van der Waals surface area contributed by atoms with Crippen LogP contribution in [-0.4, -0.2) is 33.4 Å². The third-order valence-corrected chi connectivity index (χ3v) is 5.84. The fourth-order valence-electron chi connectivity index (χ4n) is 4.10. The number of rotatable bonds is 7. The van der Waals surface area contributed by atoms with E-state index in [-0.39, 0.29) is 23.5 Å². The Morgan fingerprint density at radius 2 is 1.97 bits per heavy atom. The zero-order chi connectivity index (χ0) is 22.5. The zero-order valence-corrected chi connectivity index (χ0v) is 18.1. The van der Waals surface area contributed by atoms with Crippen LogP contribution in [0.4, 0.5) is 4.39 Å². The number of fused-ring (bicyclic) bond motifs is 1. The molecule has 1 atom stereocenters. The first-order valence-electron chi connectivity index (χ1n) is 10.9. The smallest absolute Gasteiger partial charge is 0.346 e. The number of nitrogens with one attached hydrogen (secondary N) is 1. The number of ether oxygens (including phenoxy) is 1. The molecule has 0 saturated carbocycles. The number of carbonyl (C=O) groups excluding carboxylic acids is 1. The van der Waals surface area contributed by atoms with Crippen LogP contribution >= 0.6 is 0 Å². The van der Waals surface area contributed by atoms with Gasteiger partial charge in [0.15, 0.2) is 0 Å². The molecule has 7 nitrogen and oxygen atoms in total. The van der Waals surface area contributed by atoms with E-state index in [4.69, 9.17) is 4.74 Å². The Morgan fingerprint density at radius 1 is 1.19 bits per heavy atom. The molecule has 0 saturated heterocycles. The van der Waals surface area contributed by atoms with Gasteiger partial charge in [-0.05, 0) is 48.6 Å². The van der Waals surface area contributed by atoms with Crippen LogP contribution in [0.5, 0.6) is 5.75 Å². The Balaban J connectivity index is 1.32. The normalized spacial score (nSPS) is 15.6. The molecule has 2 heterocycles. The van der Waals surface area contributed by atoms with Gasteiger partial charge in [-0.3, -0.25) is 9.36 Å². The number of para-hydroxylation sites is 1. The summed E-state index contributed by atoms with van der Waals surface area (Å²) in [6.07, 6.45) is 3.01. The molecule has 1 amide bonds. The summed E-state index contributed by atoms with van der Waals surface area (Å²) in [6, 6.07) is 13.8. The van der Waals surface area contributed by atoms with Crippen LogP contribution < -0.4 is 15.7 Å². The van der Waals surface area contributed by atoms with Crippen LogP contribution in [0.3, 0.4) is 0 Å². The second-order valence-corrected chi connectivity index (χ2v) is 8.04. The van der Waals surface area contributed by atoms with Crippen molar-refractivity contribution in [2.75, 3.05) is 7.11 Å². The van der Waals surface area contributed by atoms with Gasteiger partial charge in [0.1, 0.15) is 17.4 Å². The molecule has 8 heteroatoms. The maximum Gasteiger partial charge on any atom is 0.346 e. The van der Waals surface area contributed by atoms with E-state index in [1.807, 2.05) is 24.3 Å². The molecular formula is C24H27FN4O3. The minimum atomic E-state index is -0.308. The summed E-state index contributed by atoms with van der Waals surface area (Å²) >= 11 is 0. The molecule has 1 aliphatic heterocycles. The molecule has 0 radical (unpaired) electrons. The minimum Gasteiger partial charge on any atom is -0.496 e. The van der Waals surface area contributed by atoms with E-state index < -0.39 is 0 Å². The standard InChI is InChI=1S/C24H27FN4O3/c1-32-21-5-3-2-4-18(21)8-13-23(30)26-20-11-12-22-27-29(24(31)28(22)15-14-20)16-17-6-9-19(25)10-7-17/h2-7,9-10,20H,8,11-16H2,1H3,(H,26,30). The van der Waals surface area contributed by atoms with Gasteiger partial charge in [0.2, 0.25) is 5.91 Å². The summed E-state index contributed by atoms with van der Waals surface area (Å²) in [5.74, 6) is 1.20. The van der Waals surface area contributed by atoms with Crippen LogP contribution in [0.1, 0.15) is 36.2 Å². The van der Waals surface area contributed by atoms with Crippen LogP contribution in [0, 0.1) is 5.82 Å². The number of amides is 1. The second-order valence-electron chi connectivity index (χ2n) is 8.04. The highest BCUT2D eigenvalue weighted by Crippen LogP contribution is 2.19. The summed E-state index contributed by atoms with van der Waals surface area (Å²) in [5.41, 5.74) is 1.65. The lowest BCUT2D eigenvalue weighted by molar-refractivity contribution is -0.121. The van der Waals surface area contributed by atoms with E-state index in [0.717, 1.165) is 29.1 Å². The van der Waals surface area contributed by atoms with E-state index in [2.05, 4.69) is 10.4 Å². The Labute approximate surface area is 185 Å². The minimum absolute atomic E-state index is 0.00540. The van der Waals surface area contributed by atoms with Gasteiger partial charge in [0.05, 0.1) is 13.7 Å². The number of benzene rings is 2. The number of hydrogen-bond donors (Lipinski definition) is 1. The van der Waals surface area contributed by atoms with Gasteiger partial charge in [0, 0.05) is 25.4 Å². The molecule has 0 bridgehead atoms. The lowest BCUT2D eigenvalue weighted by atomic mass is 10.1. The number of aromatic nitrogens is 3. The monoisotopic (exact) mass is 438 g/mol. The number of carbonyl (C=O) groups is 1. The van der Waals surface area contributed by atoms with E-state index in [1.54, 1.807) is 23.8 Å². The number of aryl methyl sites for hydroxylation is 2. The van der Waals surface area contributed by atoms with Gasteiger partial charge in [-0.25, -0.2) is 13.9 Å². The molecule has 1 unspecified atom stereocenters. The van der Waals surface area contributed by atoms with Crippen LogP contribution in [0.15, 0.2) is 53.3 Å². The summed E-state index contributed by atoms with van der Waals surface area (Å²) in [5, 5.41) is 7.59. The molecule has 32 heavy (non-hydrogen) atoms. The van der Waals surface area contributed by atoms with Crippen molar-refractivity contribution in [2.24, 2.45) is 0 Å². The van der Waals surface area contributed by atoms with Gasteiger partial charge in [-0.15, -0.1) is 0 Å². The average Bonchev–Trinajstić information content (AvgIpc) is 2.96. The lowest BCUT2D eigenvalue weighted by Gasteiger charge is -2.16. The Hall–Kier alpha value is -3.42. The molecule has 1 aromatic heterocycles. The van der Waals surface area contributed by atoms with Gasteiger partial charge in [-0.1, -0.05) is 30.3 Å². The molecule has 0 spiro atoms. The molecule has 1 aliphatic rings. The third kappa shape index (κ3) is 5.07. The molecule has 0 aliphatic carbocycles. The first-order valence-corrected chi connectivity index (χ1v) is 10.9. The Morgan fingerprint density at radius 3 is 2.75 bits per heavy atom. The Kier molecular flexibility index (Phi) is 6.68. The van der Waals surface area contributed by atoms with Crippen molar-refractivity contribution in [1.82, 2.24) is 19.7 Å². The SMILES string of the molecule is COc1ccccc1CCC(=O)NC1CCc2nn(Cc3ccc(F)cc3)c(=O)n2CC1. The maximum atomic E-state index is 13.1. The number of methoxy groups -OCH3 is 1. The van der Waals surface area contributed by atoms with E-state index >= 15 is 0 Å². The molecule has 1 N–H and O–H groups in total. The summed E-state index contributed by atoms with van der Waals surface area (Å²) in [6.45, 7) is 0.817. The molecular weight excluding hydrogens is 411 g/mol. The highest BCUT2D eigenvalue weighted by Gasteiger charge is 2.22. The van der Waals surface area contributed by atoms with E-state index in [1.165, 1.54) is 16.8 Å². The number of hydrogen-bond acceptors (Lipinski definition) is 4. The summed E-state index contributed by atoms with van der Waals surface area (Å²) in [7, 11) is 1.63. The van der Waals surface area contributed by atoms with Crippen LogP contribution in [-0.2, 0) is 30.7 Å². The largest absolute Gasteiger partial charge is 0.496 e. The van der Waals surface area contributed by atoms with Crippen molar-refractivity contribution in [1.29, 1.82) is 0 Å². The van der Waals surface area contributed by atoms with Crippen LogP contribution in [0.25, 0.3) is 0 Å². The first kappa shape index (κ1) is 21.8. The summed E-state index contributed by atoms with van der Waals surface area (Å²) < 4.78 is 21.6. The maximum absolute atomic E-state index is 13.1. The Bertz CT molecular complexity index is 1140. The second kappa shape index (κ2) is 9.80. The van der Waals surface area contributed by atoms with Gasteiger partial charge >= 0.3 is 5.69 Å². The van der Waals surface area contributed by atoms with E-state index in [0.29, 0.717) is 38.8 Å². The highest BCUT2D eigenvalue weighted by atomic mass is 19.1. The lowest BCUT2D eigenvalue weighted by Crippen LogP contribution is -2.36. The fraction of sp³-hybridized carbons (Fsp3) is 0.375. The van der Waals surface area contributed by atoms with Crippen LogP contribution in [0.2, 0.25) is 0 Å². The van der Waals surface area contributed by atoms with Gasteiger partial charge in [-0.2, -0.15) is 5.10 Å². The zero-order valence-electron chi connectivity index (χ0n) is 18.1. The van der Waals surface area contributed by atoms with Gasteiger partial charge in [0.25, 0.3) is 0 Å². The fourth-order valence-corrected chi connectivity index (χ4v) is 4.10. The quantitative estimate of drug-likeness (QED) is 0.615. The average molecular weight is 439 g/mol. The number of nitrogens with zero attached hydrogens (tertiary/aromatic N) is 3. The number of halogens is 1. The highest BCUT2D eigenvalue weighted by molar-refractivity contribution is 5.76. The topological polar surface area (TPSA) is 78.2 Å². The predicted molar refractivity (Wildman–Crippen MR) is 118 cm³/mol. The first-order chi connectivity index (χ1) is 15.5. The van der Waals surface area contributed by atoms with Crippen molar-refractivity contribution < 1.29 is 13.9 Å². The van der Waals surface area contributed by atoms with Crippen molar-refractivity contribution in [2.45, 2.75) is 51.2 Å². The third-order valence-electron chi connectivity index (χ3n) is 5.84. The molecule has 168 valence electrons.